The van der Waals surface area contributed by atoms with Crippen LogP contribution in [-0.2, 0) is 17.6 Å². The Hall–Kier alpha value is -3.47. The molecule has 4 nitrogen and oxygen atoms in total. The second kappa shape index (κ2) is 8.83. The summed E-state index contributed by atoms with van der Waals surface area (Å²) in [5, 5.41) is 11.8. The lowest BCUT2D eigenvalue weighted by Crippen LogP contribution is -2.48. The molecule has 0 saturated carbocycles. The normalized spacial score (nSPS) is 23.4. The van der Waals surface area contributed by atoms with E-state index in [1.165, 1.54) is 22.3 Å². The molecule has 7 rings (SSSR count). The van der Waals surface area contributed by atoms with Crippen molar-refractivity contribution in [3.8, 4) is 5.88 Å². The topological polar surface area (TPSA) is 45.6 Å². The molecule has 1 aliphatic heterocycles. The average molecular weight is 489 g/mol. The molecule has 37 heavy (non-hydrogen) atoms. The fraction of sp³-hybridized carbons (Fsp3) is 0.303. The minimum Gasteiger partial charge on any atom is -0.473 e. The molecular formula is C33H32N2O2. The molecule has 1 aromatic heterocycles. The molecule has 0 unspecified atom stereocenters. The Bertz CT molecular complexity index is 1380. The quantitative estimate of drug-likeness (QED) is 0.374. The number of rotatable bonds is 6. The lowest BCUT2D eigenvalue weighted by atomic mass is 9.74. The summed E-state index contributed by atoms with van der Waals surface area (Å²) < 4.78 is 6.11. The maximum Gasteiger partial charge on any atom is 0.219 e. The van der Waals surface area contributed by atoms with E-state index in [4.69, 9.17) is 4.74 Å². The molecule has 3 aliphatic rings. The number of nitrogens with zero attached hydrogens (tertiary/aromatic N) is 2. The Labute approximate surface area is 218 Å². The summed E-state index contributed by atoms with van der Waals surface area (Å²) in [5.74, 6) is 1.05. The summed E-state index contributed by atoms with van der Waals surface area (Å²) in [6, 6.07) is 32.1. The van der Waals surface area contributed by atoms with E-state index in [0.29, 0.717) is 31.2 Å². The van der Waals surface area contributed by atoms with Crippen molar-refractivity contribution in [1.82, 2.24) is 9.88 Å². The average Bonchev–Trinajstić information content (AvgIpc) is 3.46. The number of benzene rings is 3. The molecule has 3 aromatic carbocycles. The predicted octanol–water partition coefficient (Wildman–Crippen LogP) is 5.78. The van der Waals surface area contributed by atoms with Crippen LogP contribution in [0.5, 0.6) is 5.88 Å². The first kappa shape index (κ1) is 22.7. The first-order valence-corrected chi connectivity index (χ1v) is 13.4. The van der Waals surface area contributed by atoms with E-state index in [2.05, 4.69) is 58.4 Å². The van der Waals surface area contributed by atoms with Gasteiger partial charge in [-0.1, -0.05) is 78.9 Å². The number of hydrogen-bond donors (Lipinski definition) is 1. The highest BCUT2D eigenvalue weighted by Gasteiger charge is 2.53. The molecule has 0 amide bonds. The standard InChI is InChI=1S/C33H32N2O2/c36-33(30-15-8-18-34-31(30)37-22-24-9-2-1-3-10-24)16-19-35(20-17-33)23-32-21-27(25-11-4-6-13-28(25)32)26-12-5-7-14-29(26)32/h1-15,18,27,36H,16-17,19-23H2. The lowest BCUT2D eigenvalue weighted by Gasteiger charge is -2.43. The first-order chi connectivity index (χ1) is 18.2. The Morgan fingerprint density at radius 2 is 1.41 bits per heavy atom. The van der Waals surface area contributed by atoms with Crippen LogP contribution in [-0.4, -0.2) is 34.6 Å². The summed E-state index contributed by atoms with van der Waals surface area (Å²) in [6.45, 7) is 3.13. The van der Waals surface area contributed by atoms with Crippen LogP contribution in [0.1, 0.15) is 58.6 Å². The van der Waals surface area contributed by atoms with E-state index < -0.39 is 5.60 Å². The zero-order valence-corrected chi connectivity index (χ0v) is 21.0. The van der Waals surface area contributed by atoms with Crippen LogP contribution in [0, 0.1) is 0 Å². The van der Waals surface area contributed by atoms with Gasteiger partial charge >= 0.3 is 0 Å². The van der Waals surface area contributed by atoms with E-state index in [0.717, 1.165) is 37.2 Å². The van der Waals surface area contributed by atoms with Crippen molar-refractivity contribution in [2.24, 2.45) is 0 Å². The van der Waals surface area contributed by atoms with Crippen molar-refractivity contribution in [3.05, 3.63) is 131 Å². The molecule has 2 heterocycles. The van der Waals surface area contributed by atoms with Crippen LogP contribution in [0.2, 0.25) is 0 Å². The van der Waals surface area contributed by atoms with Gasteiger partial charge in [-0.05, 0) is 59.2 Å². The fourth-order valence-electron chi connectivity index (χ4n) is 7.13. The summed E-state index contributed by atoms with van der Waals surface area (Å²) in [4.78, 5) is 7.07. The molecule has 4 heteroatoms. The number of hydrogen-bond acceptors (Lipinski definition) is 4. The molecule has 4 aromatic rings. The second-order valence-electron chi connectivity index (χ2n) is 11.0. The van der Waals surface area contributed by atoms with Crippen molar-refractivity contribution >= 4 is 0 Å². The summed E-state index contributed by atoms with van der Waals surface area (Å²) in [5.41, 5.74) is 7.03. The lowest BCUT2D eigenvalue weighted by molar-refractivity contribution is -0.0313. The molecule has 1 saturated heterocycles. The Morgan fingerprint density at radius 1 is 0.784 bits per heavy atom. The minimum absolute atomic E-state index is 0.0472. The Morgan fingerprint density at radius 3 is 2.11 bits per heavy atom. The van der Waals surface area contributed by atoms with Crippen molar-refractivity contribution < 1.29 is 9.84 Å². The van der Waals surface area contributed by atoms with E-state index in [-0.39, 0.29) is 5.41 Å². The molecule has 0 radical (unpaired) electrons. The van der Waals surface area contributed by atoms with Crippen molar-refractivity contribution in [1.29, 1.82) is 0 Å². The number of piperidine rings is 1. The number of likely N-dealkylation sites (tertiary alicyclic amines) is 1. The maximum absolute atomic E-state index is 11.8. The van der Waals surface area contributed by atoms with Crippen LogP contribution in [0.15, 0.2) is 97.2 Å². The summed E-state index contributed by atoms with van der Waals surface area (Å²) in [6.07, 6.45) is 4.24. The molecule has 0 spiro atoms. The molecule has 0 atom stereocenters. The molecule has 1 N–H and O–H groups in total. The first-order valence-electron chi connectivity index (χ1n) is 13.4. The van der Waals surface area contributed by atoms with Crippen molar-refractivity contribution in [2.75, 3.05) is 19.6 Å². The van der Waals surface area contributed by atoms with Gasteiger partial charge < -0.3 is 14.7 Å². The fourth-order valence-corrected chi connectivity index (χ4v) is 7.13. The molecule has 2 bridgehead atoms. The summed E-state index contributed by atoms with van der Waals surface area (Å²) in [7, 11) is 0. The van der Waals surface area contributed by atoms with Crippen LogP contribution >= 0.6 is 0 Å². The third-order valence-corrected chi connectivity index (χ3v) is 8.92. The van der Waals surface area contributed by atoms with Gasteiger partial charge in [-0.25, -0.2) is 4.98 Å². The van der Waals surface area contributed by atoms with Gasteiger partial charge in [-0.2, -0.15) is 0 Å². The van der Waals surface area contributed by atoms with E-state index in [1.807, 2.05) is 42.5 Å². The van der Waals surface area contributed by atoms with Gasteiger partial charge in [0.15, 0.2) is 0 Å². The number of ether oxygens (including phenoxy) is 1. The maximum atomic E-state index is 11.8. The van der Waals surface area contributed by atoms with Gasteiger partial charge in [0.05, 0.1) is 5.60 Å². The van der Waals surface area contributed by atoms with Crippen LogP contribution < -0.4 is 4.74 Å². The number of aliphatic hydroxyl groups is 1. The van der Waals surface area contributed by atoms with Gasteiger partial charge in [0, 0.05) is 42.7 Å². The SMILES string of the molecule is OC1(c2cccnc2OCc2ccccc2)CCN(CC23CC(c4ccccc42)c2ccccc23)CC1. The van der Waals surface area contributed by atoms with E-state index >= 15 is 0 Å². The van der Waals surface area contributed by atoms with Gasteiger partial charge in [0.25, 0.3) is 0 Å². The highest BCUT2D eigenvalue weighted by atomic mass is 16.5. The molecular weight excluding hydrogens is 456 g/mol. The van der Waals surface area contributed by atoms with Gasteiger partial charge in [-0.3, -0.25) is 0 Å². The summed E-state index contributed by atoms with van der Waals surface area (Å²) >= 11 is 0. The number of fused-ring (bicyclic) bond motifs is 8. The van der Waals surface area contributed by atoms with Gasteiger partial charge in [0.2, 0.25) is 5.88 Å². The highest BCUT2D eigenvalue weighted by molar-refractivity contribution is 5.63. The third kappa shape index (κ3) is 3.70. The number of pyridine rings is 1. The number of aromatic nitrogens is 1. The Kier molecular flexibility index (Phi) is 5.42. The second-order valence-corrected chi connectivity index (χ2v) is 11.0. The zero-order valence-electron chi connectivity index (χ0n) is 21.0. The predicted molar refractivity (Wildman–Crippen MR) is 145 cm³/mol. The molecule has 2 aliphatic carbocycles. The van der Waals surface area contributed by atoms with E-state index in [9.17, 15) is 5.11 Å². The molecule has 186 valence electrons. The highest BCUT2D eigenvalue weighted by Crippen LogP contribution is 2.60. The molecule has 1 fully saturated rings. The van der Waals surface area contributed by atoms with Crippen LogP contribution in [0.4, 0.5) is 0 Å². The van der Waals surface area contributed by atoms with E-state index in [1.54, 1.807) is 6.20 Å². The van der Waals surface area contributed by atoms with Crippen LogP contribution in [0.25, 0.3) is 0 Å². The van der Waals surface area contributed by atoms with Crippen molar-refractivity contribution in [2.45, 2.75) is 42.8 Å². The third-order valence-electron chi connectivity index (χ3n) is 8.92. The monoisotopic (exact) mass is 488 g/mol. The minimum atomic E-state index is -0.932. The largest absolute Gasteiger partial charge is 0.473 e. The Balaban J connectivity index is 1.11. The van der Waals surface area contributed by atoms with Crippen molar-refractivity contribution in [3.63, 3.8) is 0 Å². The smallest absolute Gasteiger partial charge is 0.219 e. The van der Waals surface area contributed by atoms with Crippen LogP contribution in [0.3, 0.4) is 0 Å². The van der Waals surface area contributed by atoms with Gasteiger partial charge in [-0.15, -0.1) is 0 Å². The van der Waals surface area contributed by atoms with Gasteiger partial charge in [0.1, 0.15) is 6.61 Å². The zero-order chi connectivity index (χ0) is 24.9.